The van der Waals surface area contributed by atoms with Gasteiger partial charge in [-0.2, -0.15) is 0 Å². The molecule has 2 atom stereocenters. The van der Waals surface area contributed by atoms with Crippen LogP contribution in [0.3, 0.4) is 0 Å². The summed E-state index contributed by atoms with van der Waals surface area (Å²) in [6.45, 7) is 18.3. The van der Waals surface area contributed by atoms with Crippen molar-refractivity contribution in [1.82, 2.24) is 34.6 Å². The Bertz CT molecular complexity index is 2500. The molecule has 342 valence electrons. The maximum absolute atomic E-state index is 13.5. The van der Waals surface area contributed by atoms with E-state index in [-0.39, 0.29) is 11.8 Å². The minimum Gasteiger partial charge on any atom is -0.366 e. The molecule has 2 saturated heterocycles. The average Bonchev–Trinajstić information content (AvgIpc) is 3.28. The number of morpholine rings is 2. The summed E-state index contributed by atoms with van der Waals surface area (Å²) in [7, 11) is 0. The Morgan fingerprint density at radius 1 is 0.646 bits per heavy atom. The number of benzene rings is 3. The van der Waals surface area contributed by atoms with Crippen molar-refractivity contribution in [2.45, 2.75) is 73.0 Å². The van der Waals surface area contributed by atoms with Crippen molar-refractivity contribution in [2.24, 2.45) is 11.8 Å². The molecule has 6 aromatic rings. The highest BCUT2D eigenvalue weighted by Gasteiger charge is 2.32. The number of rotatable bonds is 14. The summed E-state index contributed by atoms with van der Waals surface area (Å²) in [6, 6.07) is 32.2. The second-order valence-corrected chi connectivity index (χ2v) is 18.9. The first-order chi connectivity index (χ1) is 31.3. The molecular formula is C52H61Cl2N7O4. The van der Waals surface area contributed by atoms with Gasteiger partial charge in [0.2, 0.25) is 0 Å². The Hall–Kier alpha value is -5.01. The van der Waals surface area contributed by atoms with Crippen molar-refractivity contribution in [2.75, 3.05) is 52.5 Å². The van der Waals surface area contributed by atoms with Crippen LogP contribution < -0.4 is 0 Å². The summed E-state index contributed by atoms with van der Waals surface area (Å²) in [5.74, 6) is 0.835. The van der Waals surface area contributed by atoms with Crippen molar-refractivity contribution in [3.63, 3.8) is 0 Å². The summed E-state index contributed by atoms with van der Waals surface area (Å²) in [5.41, 5.74) is 7.31. The maximum atomic E-state index is 13.5. The lowest BCUT2D eigenvalue weighted by atomic mass is 10.1. The van der Waals surface area contributed by atoms with Crippen molar-refractivity contribution >= 4 is 56.8 Å². The largest absolute Gasteiger partial charge is 0.366 e. The third-order valence-corrected chi connectivity index (χ3v) is 11.9. The molecule has 65 heavy (non-hydrogen) atoms. The molecule has 13 heteroatoms. The number of hydrogen-bond donors (Lipinski definition) is 0. The quantitative estimate of drug-likeness (QED) is 0.0990. The lowest BCUT2D eigenvalue weighted by molar-refractivity contribution is -0.151. The Kier molecular flexibility index (Phi) is 16.9. The molecule has 2 fully saturated rings. The molecule has 3 aromatic heterocycles. The zero-order chi connectivity index (χ0) is 45.9. The maximum Gasteiger partial charge on any atom is 0.253 e. The summed E-state index contributed by atoms with van der Waals surface area (Å²) in [5, 5.41) is 3.40. The van der Waals surface area contributed by atoms with E-state index in [0.29, 0.717) is 69.5 Å². The predicted octanol–water partition coefficient (Wildman–Crippen LogP) is 9.25. The molecule has 2 amide bonds. The molecule has 11 nitrogen and oxygen atoms in total. The number of fused-ring (bicyclic) bond motifs is 2. The van der Waals surface area contributed by atoms with Crippen molar-refractivity contribution in [3.8, 4) is 0 Å². The second-order valence-electron chi connectivity index (χ2n) is 18.0. The summed E-state index contributed by atoms with van der Waals surface area (Å²) >= 11 is 12.1. The number of nitrogens with zero attached hydrogens (tertiary/aromatic N) is 7. The number of carbonyl (C=O) groups excluding carboxylic acids is 2. The van der Waals surface area contributed by atoms with Gasteiger partial charge in [0, 0.05) is 99.3 Å². The van der Waals surface area contributed by atoms with Gasteiger partial charge in [-0.1, -0.05) is 87.3 Å². The average molecular weight is 919 g/mol. The van der Waals surface area contributed by atoms with Crippen LogP contribution in [0.25, 0.3) is 21.8 Å². The fraction of sp³-hybridized carbons (Fsp3) is 0.404. The lowest BCUT2D eigenvalue weighted by Gasteiger charge is -2.35. The Morgan fingerprint density at radius 3 is 1.60 bits per heavy atom. The Morgan fingerprint density at radius 2 is 1.12 bits per heavy atom. The van der Waals surface area contributed by atoms with Gasteiger partial charge in [-0.05, 0) is 102 Å². The second kappa shape index (κ2) is 22.9. The van der Waals surface area contributed by atoms with E-state index in [9.17, 15) is 9.59 Å². The fourth-order valence-electron chi connectivity index (χ4n) is 8.53. The highest BCUT2D eigenvalue weighted by atomic mass is 35.5. The number of amides is 2. The molecule has 0 N–H and O–H groups in total. The molecule has 2 aliphatic rings. The molecular weight excluding hydrogens is 858 g/mol. The fourth-order valence-corrected chi connectivity index (χ4v) is 8.93. The Balaban J connectivity index is 0.000000194. The van der Waals surface area contributed by atoms with E-state index in [1.807, 2.05) is 77.4 Å². The standard InChI is InChI=1S/C26H31ClN4O2.C26H30ClN3O2/c1-18(2)14-31(16-20-6-7-23-22(12-20)5-4-8-28-23)26(32)24-17-30(9-10-33-24)15-21-11-19(3)29-25(27)13-21;1-19(2)15-30(17-21-7-10-24-22(14-21)4-3-11-28-24)26(31)25-18-29(12-13-32-25)16-20-5-8-23(27)9-6-20/h4-8,11-13,18,24H,9-10,14-17H2,1-3H3;3-11,14,19,25H,12-13,15-18H2,1-2H3/t24-;25-/m11/s1. The minimum absolute atomic E-state index is 0.0450. The molecule has 0 saturated carbocycles. The van der Waals surface area contributed by atoms with Gasteiger partial charge < -0.3 is 19.3 Å². The van der Waals surface area contributed by atoms with E-state index >= 15 is 0 Å². The number of carbonyl (C=O) groups is 2. The summed E-state index contributed by atoms with van der Waals surface area (Å²) in [6.07, 6.45) is 2.67. The van der Waals surface area contributed by atoms with Gasteiger partial charge in [0.1, 0.15) is 17.4 Å². The number of pyridine rings is 3. The molecule has 0 radical (unpaired) electrons. The molecule has 0 unspecified atom stereocenters. The molecule has 2 aliphatic heterocycles. The zero-order valence-corrected chi connectivity index (χ0v) is 39.7. The van der Waals surface area contributed by atoms with E-state index in [1.54, 1.807) is 12.4 Å². The van der Waals surface area contributed by atoms with E-state index < -0.39 is 12.2 Å². The van der Waals surface area contributed by atoms with Crippen LogP contribution in [0.1, 0.15) is 55.6 Å². The van der Waals surface area contributed by atoms with Crippen LogP contribution in [0.4, 0.5) is 0 Å². The highest BCUT2D eigenvalue weighted by molar-refractivity contribution is 6.30. The van der Waals surface area contributed by atoms with Crippen molar-refractivity contribution < 1.29 is 19.1 Å². The van der Waals surface area contributed by atoms with E-state index in [1.165, 1.54) is 5.56 Å². The van der Waals surface area contributed by atoms with Gasteiger partial charge in [0.25, 0.3) is 11.8 Å². The van der Waals surface area contributed by atoms with Gasteiger partial charge in [-0.25, -0.2) is 4.98 Å². The zero-order valence-electron chi connectivity index (χ0n) is 38.2. The number of aromatic nitrogens is 3. The Labute approximate surface area is 393 Å². The normalized spacial score (nSPS) is 17.0. The molecule has 3 aromatic carbocycles. The minimum atomic E-state index is -0.474. The molecule has 8 rings (SSSR count). The third kappa shape index (κ3) is 14.0. The lowest BCUT2D eigenvalue weighted by Crippen LogP contribution is -2.51. The first-order valence-electron chi connectivity index (χ1n) is 22.7. The third-order valence-electron chi connectivity index (χ3n) is 11.4. The van der Waals surface area contributed by atoms with E-state index in [4.69, 9.17) is 32.7 Å². The van der Waals surface area contributed by atoms with Crippen LogP contribution in [-0.2, 0) is 45.2 Å². The van der Waals surface area contributed by atoms with Gasteiger partial charge in [-0.3, -0.25) is 29.4 Å². The summed E-state index contributed by atoms with van der Waals surface area (Å²) in [4.78, 5) is 48.5. The van der Waals surface area contributed by atoms with Gasteiger partial charge in [0.05, 0.1) is 24.2 Å². The van der Waals surface area contributed by atoms with Gasteiger partial charge >= 0.3 is 0 Å². The molecule has 5 heterocycles. The molecule has 0 aliphatic carbocycles. The van der Waals surface area contributed by atoms with Gasteiger partial charge in [-0.15, -0.1) is 0 Å². The smallest absolute Gasteiger partial charge is 0.253 e. The summed E-state index contributed by atoms with van der Waals surface area (Å²) < 4.78 is 11.9. The first kappa shape index (κ1) is 47.9. The number of ether oxygens (including phenoxy) is 2. The molecule has 0 bridgehead atoms. The SMILES string of the molecule is CC(C)CN(Cc1ccc2ncccc2c1)C(=O)[C@H]1CN(Cc2ccc(Cl)cc2)CCO1.Cc1cc(CN2CCO[C@@H](C(=O)N(Cc3ccc4ncccc4c3)CC(C)C)C2)cc(Cl)n1. The van der Waals surface area contributed by atoms with Crippen molar-refractivity contribution in [1.29, 1.82) is 0 Å². The van der Waals surface area contributed by atoms with Crippen molar-refractivity contribution in [3.05, 3.63) is 148 Å². The monoisotopic (exact) mass is 917 g/mol. The van der Waals surface area contributed by atoms with Crippen LogP contribution in [0.5, 0.6) is 0 Å². The van der Waals surface area contributed by atoms with Crippen LogP contribution in [0, 0.1) is 18.8 Å². The number of hydrogen-bond acceptors (Lipinski definition) is 9. The molecule has 0 spiro atoms. The topological polar surface area (TPSA) is 104 Å². The van der Waals surface area contributed by atoms with Crippen LogP contribution in [-0.4, -0.2) is 111 Å². The number of halogens is 2. The van der Waals surface area contributed by atoms with Crippen LogP contribution in [0.2, 0.25) is 10.2 Å². The van der Waals surface area contributed by atoms with Gasteiger partial charge in [0.15, 0.2) is 0 Å². The highest BCUT2D eigenvalue weighted by Crippen LogP contribution is 2.22. The van der Waals surface area contributed by atoms with E-state index in [0.717, 1.165) is 75.4 Å². The van der Waals surface area contributed by atoms with E-state index in [2.05, 4.69) is 88.8 Å². The first-order valence-corrected chi connectivity index (χ1v) is 23.4. The number of aryl methyl sites for hydroxylation is 1. The van der Waals surface area contributed by atoms with Crippen LogP contribution in [0.15, 0.2) is 109 Å². The van der Waals surface area contributed by atoms with Crippen LogP contribution >= 0.6 is 23.2 Å². The predicted molar refractivity (Wildman–Crippen MR) is 259 cm³/mol.